The van der Waals surface area contributed by atoms with Crippen molar-refractivity contribution in [1.29, 1.82) is 0 Å². The number of hydrogen-bond acceptors (Lipinski definition) is 3. The SMILES string of the molecule is CCCCCCCCCCCCCC(CCCCCCCCCCC)OC(=O)C1(C)C=CCCC1C(=O)O. The summed E-state index contributed by atoms with van der Waals surface area (Å²) in [7, 11) is 0. The van der Waals surface area contributed by atoms with Crippen LogP contribution >= 0.6 is 0 Å². The third kappa shape index (κ3) is 15.3. The molecule has 0 aromatic carbocycles. The third-order valence-corrected chi connectivity index (χ3v) is 8.58. The monoisotopic (exact) mass is 534 g/mol. The van der Waals surface area contributed by atoms with Crippen molar-refractivity contribution in [3.8, 4) is 0 Å². The zero-order valence-corrected chi connectivity index (χ0v) is 25.5. The summed E-state index contributed by atoms with van der Waals surface area (Å²) in [5, 5.41) is 9.72. The van der Waals surface area contributed by atoms with Crippen LogP contribution in [0.25, 0.3) is 0 Å². The normalized spacial score (nSPS) is 19.9. The van der Waals surface area contributed by atoms with Gasteiger partial charge in [0, 0.05) is 0 Å². The van der Waals surface area contributed by atoms with Crippen LogP contribution in [0.4, 0.5) is 0 Å². The van der Waals surface area contributed by atoms with Gasteiger partial charge >= 0.3 is 11.9 Å². The average Bonchev–Trinajstić information content (AvgIpc) is 2.90. The van der Waals surface area contributed by atoms with Gasteiger partial charge in [0.2, 0.25) is 0 Å². The zero-order valence-electron chi connectivity index (χ0n) is 25.5. The summed E-state index contributed by atoms with van der Waals surface area (Å²) in [6, 6.07) is 0. The van der Waals surface area contributed by atoms with Crippen LogP contribution in [0.1, 0.15) is 175 Å². The maximum atomic E-state index is 13.3. The quantitative estimate of drug-likeness (QED) is 0.0718. The highest BCUT2D eigenvalue weighted by Crippen LogP contribution is 2.38. The number of unbranched alkanes of at least 4 members (excludes halogenated alkanes) is 18. The Hall–Kier alpha value is -1.32. The highest BCUT2D eigenvalue weighted by atomic mass is 16.5. The molecule has 0 aromatic rings. The van der Waals surface area contributed by atoms with Crippen molar-refractivity contribution in [3.05, 3.63) is 12.2 Å². The molecule has 0 aromatic heterocycles. The van der Waals surface area contributed by atoms with E-state index in [0.717, 1.165) is 25.7 Å². The largest absolute Gasteiger partial charge is 0.481 e. The van der Waals surface area contributed by atoms with Crippen molar-refractivity contribution in [3.63, 3.8) is 0 Å². The number of carbonyl (C=O) groups excluding carboxylic acids is 1. The Morgan fingerprint density at radius 2 is 1.13 bits per heavy atom. The number of rotatable bonds is 25. The summed E-state index contributed by atoms with van der Waals surface area (Å²) in [4.78, 5) is 25.1. The van der Waals surface area contributed by atoms with E-state index >= 15 is 0 Å². The number of carboxylic acid groups (broad SMARTS) is 1. The van der Waals surface area contributed by atoms with Crippen LogP contribution in [0.5, 0.6) is 0 Å². The van der Waals surface area contributed by atoms with Crippen LogP contribution < -0.4 is 0 Å². The molecular formula is C34H62O4. The molecule has 222 valence electrons. The lowest BCUT2D eigenvalue weighted by molar-refractivity contribution is -0.168. The second-order valence-electron chi connectivity index (χ2n) is 12.1. The van der Waals surface area contributed by atoms with Gasteiger partial charge in [-0.15, -0.1) is 0 Å². The molecule has 0 saturated heterocycles. The Morgan fingerprint density at radius 3 is 1.53 bits per heavy atom. The van der Waals surface area contributed by atoms with Gasteiger partial charge in [0.25, 0.3) is 0 Å². The van der Waals surface area contributed by atoms with Crippen LogP contribution in [-0.2, 0) is 14.3 Å². The molecule has 0 spiro atoms. The second kappa shape index (κ2) is 22.5. The minimum absolute atomic E-state index is 0.0905. The number of carboxylic acids is 1. The first-order chi connectivity index (χ1) is 18.5. The molecule has 0 saturated carbocycles. The van der Waals surface area contributed by atoms with E-state index in [0.29, 0.717) is 12.8 Å². The minimum Gasteiger partial charge on any atom is -0.481 e. The Balaban J connectivity index is 2.43. The maximum Gasteiger partial charge on any atom is 0.316 e. The fourth-order valence-electron chi connectivity index (χ4n) is 5.86. The highest BCUT2D eigenvalue weighted by Gasteiger charge is 2.46. The number of esters is 1. The van der Waals surface area contributed by atoms with E-state index in [2.05, 4.69) is 13.8 Å². The van der Waals surface area contributed by atoms with E-state index < -0.39 is 17.3 Å². The molecule has 0 radical (unpaired) electrons. The van der Waals surface area contributed by atoms with Crippen molar-refractivity contribution in [2.45, 2.75) is 181 Å². The van der Waals surface area contributed by atoms with E-state index in [1.165, 1.54) is 116 Å². The van der Waals surface area contributed by atoms with E-state index in [-0.39, 0.29) is 12.1 Å². The molecule has 0 bridgehead atoms. The first-order valence-corrected chi connectivity index (χ1v) is 16.6. The molecule has 0 fully saturated rings. The fourth-order valence-corrected chi connectivity index (χ4v) is 5.86. The third-order valence-electron chi connectivity index (χ3n) is 8.58. The van der Waals surface area contributed by atoms with E-state index in [9.17, 15) is 14.7 Å². The lowest BCUT2D eigenvalue weighted by Crippen LogP contribution is -2.42. The zero-order chi connectivity index (χ0) is 27.9. The predicted octanol–water partition coefficient (Wildman–Crippen LogP) is 10.6. The van der Waals surface area contributed by atoms with Crippen molar-refractivity contribution in [1.82, 2.24) is 0 Å². The van der Waals surface area contributed by atoms with Crippen molar-refractivity contribution in [2.75, 3.05) is 0 Å². The number of hydrogen-bond donors (Lipinski definition) is 1. The van der Waals surface area contributed by atoms with Crippen molar-refractivity contribution >= 4 is 11.9 Å². The Labute approximate surface area is 235 Å². The van der Waals surface area contributed by atoms with Crippen LogP contribution in [0.3, 0.4) is 0 Å². The Morgan fingerprint density at radius 1 is 0.737 bits per heavy atom. The van der Waals surface area contributed by atoms with Crippen LogP contribution in [0.2, 0.25) is 0 Å². The predicted molar refractivity (Wildman–Crippen MR) is 160 cm³/mol. The Kier molecular flexibility index (Phi) is 20.5. The smallest absolute Gasteiger partial charge is 0.316 e. The van der Waals surface area contributed by atoms with Gasteiger partial charge in [0.15, 0.2) is 0 Å². The van der Waals surface area contributed by atoms with E-state index in [1.807, 2.05) is 6.08 Å². The van der Waals surface area contributed by atoms with Gasteiger partial charge < -0.3 is 9.84 Å². The number of carbonyl (C=O) groups is 2. The fraction of sp³-hybridized carbons (Fsp3) is 0.882. The molecule has 1 rings (SSSR count). The molecule has 1 aliphatic rings. The van der Waals surface area contributed by atoms with Gasteiger partial charge in [0.05, 0.1) is 11.3 Å². The lowest BCUT2D eigenvalue weighted by Gasteiger charge is -2.34. The molecular weight excluding hydrogens is 472 g/mol. The minimum atomic E-state index is -1.06. The van der Waals surface area contributed by atoms with Crippen LogP contribution in [0.15, 0.2) is 12.2 Å². The summed E-state index contributed by atoms with van der Waals surface area (Å²) in [5.41, 5.74) is -1.06. The summed E-state index contributed by atoms with van der Waals surface area (Å²) in [5.74, 6) is -1.94. The van der Waals surface area contributed by atoms with Crippen molar-refractivity contribution < 1.29 is 19.4 Å². The Bertz CT molecular complexity index is 628. The summed E-state index contributed by atoms with van der Waals surface area (Å²) < 4.78 is 6.08. The standard InChI is InChI=1S/C34H62O4/c1-4-6-8-10-12-14-15-17-19-21-23-27-30(26-22-20-18-16-13-11-9-7-5-2)38-33(37)34(3)29-25-24-28-31(34)32(35)36/h25,29-31H,4-24,26-28H2,1-3H3,(H,35,36). The van der Waals surface area contributed by atoms with Gasteiger partial charge in [-0.25, -0.2) is 0 Å². The molecule has 4 nitrogen and oxygen atoms in total. The average molecular weight is 535 g/mol. The van der Waals surface area contributed by atoms with Gasteiger partial charge in [-0.1, -0.05) is 142 Å². The molecule has 3 atom stereocenters. The molecule has 0 aliphatic heterocycles. The first kappa shape index (κ1) is 34.7. The summed E-state index contributed by atoms with van der Waals surface area (Å²) >= 11 is 0. The molecule has 38 heavy (non-hydrogen) atoms. The van der Waals surface area contributed by atoms with E-state index in [1.54, 1.807) is 13.0 Å². The number of ether oxygens (including phenoxy) is 1. The summed E-state index contributed by atoms with van der Waals surface area (Å²) in [6.07, 6.45) is 32.5. The molecule has 0 heterocycles. The topological polar surface area (TPSA) is 63.6 Å². The molecule has 4 heteroatoms. The van der Waals surface area contributed by atoms with Gasteiger partial charge in [0.1, 0.15) is 6.10 Å². The number of allylic oxidation sites excluding steroid dienone is 1. The maximum absolute atomic E-state index is 13.3. The van der Waals surface area contributed by atoms with Crippen LogP contribution in [0, 0.1) is 11.3 Å². The number of aliphatic carboxylic acids is 1. The lowest BCUT2D eigenvalue weighted by atomic mass is 9.71. The van der Waals surface area contributed by atoms with Gasteiger partial charge in [-0.3, -0.25) is 9.59 Å². The summed E-state index contributed by atoms with van der Waals surface area (Å²) in [6.45, 7) is 6.27. The molecule has 1 N–H and O–H groups in total. The van der Waals surface area contributed by atoms with Crippen LogP contribution in [-0.4, -0.2) is 23.1 Å². The first-order valence-electron chi connectivity index (χ1n) is 16.6. The van der Waals surface area contributed by atoms with Crippen molar-refractivity contribution in [2.24, 2.45) is 11.3 Å². The molecule has 0 amide bonds. The molecule has 3 unspecified atom stereocenters. The second-order valence-corrected chi connectivity index (χ2v) is 12.1. The van der Waals surface area contributed by atoms with Gasteiger partial charge in [-0.05, 0) is 45.4 Å². The van der Waals surface area contributed by atoms with E-state index in [4.69, 9.17) is 4.74 Å². The molecule has 1 aliphatic carbocycles. The van der Waals surface area contributed by atoms with Gasteiger partial charge in [-0.2, -0.15) is 0 Å². The highest BCUT2D eigenvalue weighted by molar-refractivity contribution is 5.86.